The molecule has 166 valence electrons. The van der Waals surface area contributed by atoms with Crippen LogP contribution in [-0.2, 0) is 0 Å². The molecule has 0 fully saturated rings. The van der Waals surface area contributed by atoms with E-state index in [1.165, 1.54) is 4.90 Å². The summed E-state index contributed by atoms with van der Waals surface area (Å²) in [5, 5.41) is 0.420. The van der Waals surface area contributed by atoms with Gasteiger partial charge in [0.05, 0.1) is 23.6 Å². The highest BCUT2D eigenvalue weighted by Gasteiger charge is 2.44. The van der Waals surface area contributed by atoms with E-state index in [2.05, 4.69) is 27.8 Å². The number of halogens is 1. The molecule has 2 aromatic carbocycles. The number of amides is 1. The third-order valence-corrected chi connectivity index (χ3v) is 6.18. The summed E-state index contributed by atoms with van der Waals surface area (Å²) in [5.74, 6) is 0.857. The van der Waals surface area contributed by atoms with E-state index in [1.54, 1.807) is 36.5 Å². The monoisotopic (exact) mass is 504 g/mol. The lowest BCUT2D eigenvalue weighted by atomic mass is 9.98. The van der Waals surface area contributed by atoms with Gasteiger partial charge in [-0.3, -0.25) is 14.5 Å². The Morgan fingerprint density at radius 2 is 1.91 bits per heavy atom. The van der Waals surface area contributed by atoms with Crippen LogP contribution in [0.1, 0.15) is 47.5 Å². The number of carbonyl (C=O) groups is 1. The second-order valence-electron chi connectivity index (χ2n) is 7.85. The molecule has 3 heterocycles. The van der Waals surface area contributed by atoms with Crippen LogP contribution in [0.15, 0.2) is 80.5 Å². The molecule has 0 saturated heterocycles. The molecule has 0 radical (unpaired) electrons. The number of hydrogen-bond donors (Lipinski definition) is 0. The minimum atomic E-state index is -0.660. The van der Waals surface area contributed by atoms with Gasteiger partial charge in [-0.05, 0) is 54.4 Å². The van der Waals surface area contributed by atoms with Crippen molar-refractivity contribution in [3.63, 3.8) is 0 Å². The lowest BCUT2D eigenvalue weighted by Gasteiger charge is -2.24. The average Bonchev–Trinajstić information content (AvgIpc) is 3.13. The number of benzene rings is 2. The zero-order valence-electron chi connectivity index (χ0n) is 18.0. The van der Waals surface area contributed by atoms with E-state index in [1.807, 2.05) is 30.3 Å². The van der Waals surface area contributed by atoms with E-state index in [0.717, 1.165) is 28.6 Å². The van der Waals surface area contributed by atoms with Crippen molar-refractivity contribution in [2.45, 2.75) is 25.8 Å². The lowest BCUT2D eigenvalue weighted by Crippen LogP contribution is -2.30. The third-order valence-electron chi connectivity index (χ3n) is 5.69. The first kappa shape index (κ1) is 21.4. The SMILES string of the molecule is CCCCOc1ccc(C2c3c(oc4ccc(Br)cc4c3=O)C(=O)N2c2ccccn2)cc1. The maximum Gasteiger partial charge on any atom is 0.296 e. The number of aromatic nitrogens is 1. The van der Waals surface area contributed by atoms with Gasteiger partial charge in [-0.25, -0.2) is 4.98 Å². The molecule has 0 N–H and O–H groups in total. The summed E-state index contributed by atoms with van der Waals surface area (Å²) in [6.45, 7) is 2.76. The molecule has 4 aromatic rings. The highest BCUT2D eigenvalue weighted by molar-refractivity contribution is 9.10. The van der Waals surface area contributed by atoms with Crippen LogP contribution in [0.5, 0.6) is 5.75 Å². The molecule has 0 saturated carbocycles. The number of ether oxygens (including phenoxy) is 1. The van der Waals surface area contributed by atoms with Gasteiger partial charge in [-0.1, -0.05) is 47.5 Å². The van der Waals surface area contributed by atoms with Gasteiger partial charge >= 0.3 is 0 Å². The molecule has 0 aliphatic carbocycles. The normalized spacial score (nSPS) is 15.2. The van der Waals surface area contributed by atoms with Crippen LogP contribution < -0.4 is 15.1 Å². The van der Waals surface area contributed by atoms with Crippen LogP contribution in [0, 0.1) is 0 Å². The molecule has 1 aliphatic heterocycles. The third kappa shape index (κ3) is 3.82. The highest BCUT2D eigenvalue weighted by atomic mass is 79.9. The van der Waals surface area contributed by atoms with Crippen molar-refractivity contribution in [1.82, 2.24) is 4.98 Å². The number of anilines is 1. The topological polar surface area (TPSA) is 72.6 Å². The summed E-state index contributed by atoms with van der Waals surface area (Å²) in [7, 11) is 0. The Morgan fingerprint density at radius 3 is 2.64 bits per heavy atom. The molecule has 0 spiro atoms. The summed E-state index contributed by atoms with van der Waals surface area (Å²) in [4.78, 5) is 33.0. The van der Waals surface area contributed by atoms with Crippen molar-refractivity contribution in [1.29, 1.82) is 0 Å². The molecular formula is C26H21BrN2O4. The molecule has 1 atom stereocenters. The number of hydrogen-bond acceptors (Lipinski definition) is 5. The van der Waals surface area contributed by atoms with E-state index in [4.69, 9.17) is 9.15 Å². The number of rotatable bonds is 6. The number of fused-ring (bicyclic) bond motifs is 2. The fourth-order valence-electron chi connectivity index (χ4n) is 4.07. The van der Waals surface area contributed by atoms with E-state index >= 15 is 0 Å². The van der Waals surface area contributed by atoms with Crippen molar-refractivity contribution < 1.29 is 13.9 Å². The van der Waals surface area contributed by atoms with Crippen LogP contribution in [0.4, 0.5) is 5.82 Å². The number of pyridine rings is 1. The van der Waals surface area contributed by atoms with E-state index in [0.29, 0.717) is 29.0 Å². The maximum atomic E-state index is 13.6. The predicted octanol–water partition coefficient (Wildman–Crippen LogP) is 5.88. The Labute approximate surface area is 198 Å². The molecule has 6 nitrogen and oxygen atoms in total. The maximum absolute atomic E-state index is 13.6. The van der Waals surface area contributed by atoms with Crippen molar-refractivity contribution in [3.05, 3.63) is 98.4 Å². The Hall–Kier alpha value is -3.45. The van der Waals surface area contributed by atoms with Crippen LogP contribution in [0.2, 0.25) is 0 Å². The van der Waals surface area contributed by atoms with Gasteiger partial charge in [0.1, 0.15) is 17.2 Å². The summed E-state index contributed by atoms with van der Waals surface area (Å²) >= 11 is 3.42. The zero-order valence-corrected chi connectivity index (χ0v) is 19.5. The molecule has 0 bridgehead atoms. The Bertz CT molecular complexity index is 1380. The predicted molar refractivity (Wildman–Crippen MR) is 130 cm³/mol. The Morgan fingerprint density at radius 1 is 1.09 bits per heavy atom. The van der Waals surface area contributed by atoms with Crippen LogP contribution in [0.3, 0.4) is 0 Å². The van der Waals surface area contributed by atoms with Crippen LogP contribution in [0.25, 0.3) is 11.0 Å². The number of carbonyl (C=O) groups excluding carboxylic acids is 1. The van der Waals surface area contributed by atoms with Crippen LogP contribution in [-0.4, -0.2) is 17.5 Å². The molecule has 33 heavy (non-hydrogen) atoms. The quantitative estimate of drug-likeness (QED) is 0.306. The first-order valence-corrected chi connectivity index (χ1v) is 11.6. The summed E-state index contributed by atoms with van der Waals surface area (Å²) in [5.41, 5.74) is 1.23. The van der Waals surface area contributed by atoms with Crippen LogP contribution >= 0.6 is 15.9 Å². The second-order valence-corrected chi connectivity index (χ2v) is 8.77. The fraction of sp³-hybridized carbons (Fsp3) is 0.192. The molecule has 7 heteroatoms. The number of unbranched alkanes of at least 4 members (excludes halogenated alkanes) is 1. The molecule has 1 aliphatic rings. The van der Waals surface area contributed by atoms with Gasteiger partial charge in [0.2, 0.25) is 5.76 Å². The molecule has 1 unspecified atom stereocenters. The van der Waals surface area contributed by atoms with E-state index in [-0.39, 0.29) is 17.1 Å². The van der Waals surface area contributed by atoms with Gasteiger partial charge in [0, 0.05) is 10.7 Å². The van der Waals surface area contributed by atoms with Gasteiger partial charge in [-0.15, -0.1) is 0 Å². The highest BCUT2D eigenvalue weighted by Crippen LogP contribution is 2.41. The van der Waals surface area contributed by atoms with Crippen molar-refractivity contribution in [2.24, 2.45) is 0 Å². The lowest BCUT2D eigenvalue weighted by molar-refractivity contribution is 0.0970. The summed E-state index contributed by atoms with van der Waals surface area (Å²) in [6, 6.07) is 17.4. The van der Waals surface area contributed by atoms with Gasteiger partial charge < -0.3 is 9.15 Å². The number of nitrogens with zero attached hydrogens (tertiary/aromatic N) is 2. The first-order chi connectivity index (χ1) is 16.1. The minimum absolute atomic E-state index is 0.0498. The van der Waals surface area contributed by atoms with Gasteiger partial charge in [0.25, 0.3) is 5.91 Å². The van der Waals surface area contributed by atoms with Crippen molar-refractivity contribution in [3.8, 4) is 5.75 Å². The standard InChI is InChI=1S/C26H21BrN2O4/c1-2-3-14-32-18-10-7-16(8-11-18)23-22-24(30)19-15-17(27)9-12-20(19)33-25(22)26(31)29(23)21-6-4-5-13-28-21/h4-13,15,23H,2-3,14H2,1H3. The molecule has 2 aromatic heterocycles. The second kappa shape index (κ2) is 8.83. The smallest absolute Gasteiger partial charge is 0.296 e. The van der Waals surface area contributed by atoms with Crippen molar-refractivity contribution >= 4 is 38.6 Å². The first-order valence-electron chi connectivity index (χ1n) is 10.8. The summed E-state index contributed by atoms with van der Waals surface area (Å²) < 4.78 is 12.5. The Balaban J connectivity index is 1.67. The van der Waals surface area contributed by atoms with Gasteiger partial charge in [0.15, 0.2) is 5.43 Å². The minimum Gasteiger partial charge on any atom is -0.494 e. The molecule has 1 amide bonds. The molecular weight excluding hydrogens is 484 g/mol. The average molecular weight is 505 g/mol. The summed E-state index contributed by atoms with van der Waals surface area (Å²) in [6.07, 6.45) is 3.65. The Kier molecular flexibility index (Phi) is 5.72. The fourth-order valence-corrected chi connectivity index (χ4v) is 4.43. The van der Waals surface area contributed by atoms with Gasteiger partial charge in [-0.2, -0.15) is 0 Å². The van der Waals surface area contributed by atoms with E-state index in [9.17, 15) is 9.59 Å². The zero-order chi connectivity index (χ0) is 22.9. The largest absolute Gasteiger partial charge is 0.494 e. The molecule has 5 rings (SSSR count). The van der Waals surface area contributed by atoms with Crippen molar-refractivity contribution in [2.75, 3.05) is 11.5 Å². The van der Waals surface area contributed by atoms with E-state index < -0.39 is 6.04 Å².